The number of aliphatic imine (C=N–C) groups is 1. The van der Waals surface area contributed by atoms with E-state index in [4.69, 9.17) is 16.1 Å². The summed E-state index contributed by atoms with van der Waals surface area (Å²) in [6, 6.07) is 16.1. The summed E-state index contributed by atoms with van der Waals surface area (Å²) in [5.74, 6) is 0.445. The number of nitrogens with zero attached hydrogens (tertiary/aromatic N) is 3. The summed E-state index contributed by atoms with van der Waals surface area (Å²) in [7, 11) is 0. The topological polar surface area (TPSA) is 82.4 Å². The molecule has 0 radical (unpaired) electrons. The van der Waals surface area contributed by atoms with Gasteiger partial charge in [0.1, 0.15) is 28.8 Å². The number of nitriles is 1. The first-order valence-corrected chi connectivity index (χ1v) is 7.52. The molecule has 118 valence electrons. The number of phenolic OH excluding ortho intramolecular Hbond substituents is 1. The van der Waals surface area contributed by atoms with Crippen LogP contribution in [0.4, 0.5) is 5.69 Å². The highest BCUT2D eigenvalue weighted by molar-refractivity contribution is 6.30. The van der Waals surface area contributed by atoms with Gasteiger partial charge in [0.15, 0.2) is 5.76 Å². The molecule has 24 heavy (non-hydrogen) atoms. The second-order valence-corrected chi connectivity index (χ2v) is 5.39. The maximum Gasteiger partial charge on any atom is 0.160 e. The van der Waals surface area contributed by atoms with Gasteiger partial charge in [-0.3, -0.25) is 4.99 Å². The first kappa shape index (κ1) is 15.8. The van der Waals surface area contributed by atoms with Crippen molar-refractivity contribution in [1.29, 1.82) is 5.26 Å². The van der Waals surface area contributed by atoms with Crippen molar-refractivity contribution in [3.8, 4) is 23.1 Å². The lowest BCUT2D eigenvalue weighted by atomic mass is 10.1. The fraction of sp³-hybridized carbons (Fsp3) is 0.0556. The largest absolute Gasteiger partial charge is 0.506 e. The van der Waals surface area contributed by atoms with Crippen molar-refractivity contribution in [2.45, 2.75) is 6.42 Å². The highest BCUT2D eigenvalue weighted by Crippen LogP contribution is 2.29. The van der Waals surface area contributed by atoms with Gasteiger partial charge in [-0.2, -0.15) is 5.26 Å². The molecule has 1 aromatic heterocycles. The Labute approximate surface area is 143 Å². The van der Waals surface area contributed by atoms with E-state index in [9.17, 15) is 10.4 Å². The van der Waals surface area contributed by atoms with Crippen LogP contribution >= 0.6 is 11.6 Å². The molecular weight excluding hydrogens is 326 g/mol. The lowest BCUT2D eigenvalue weighted by Gasteiger charge is -1.98. The van der Waals surface area contributed by atoms with Gasteiger partial charge in [0.05, 0.1) is 0 Å². The summed E-state index contributed by atoms with van der Waals surface area (Å²) in [6.07, 6.45) is 1.82. The van der Waals surface area contributed by atoms with Crippen LogP contribution in [-0.2, 0) is 6.42 Å². The van der Waals surface area contributed by atoms with E-state index in [2.05, 4.69) is 16.2 Å². The maximum absolute atomic E-state index is 9.73. The fourth-order valence-corrected chi connectivity index (χ4v) is 2.37. The van der Waals surface area contributed by atoms with E-state index in [1.165, 1.54) is 6.07 Å². The molecule has 0 spiro atoms. The van der Waals surface area contributed by atoms with Crippen LogP contribution in [0.25, 0.3) is 11.3 Å². The molecule has 0 bridgehead atoms. The molecule has 2 aromatic carbocycles. The van der Waals surface area contributed by atoms with Crippen LogP contribution in [0.3, 0.4) is 0 Å². The second-order valence-electron chi connectivity index (χ2n) is 4.96. The summed E-state index contributed by atoms with van der Waals surface area (Å²) >= 11 is 5.88. The van der Waals surface area contributed by atoms with E-state index in [0.29, 0.717) is 27.7 Å². The number of hydrogen-bond acceptors (Lipinski definition) is 5. The van der Waals surface area contributed by atoms with Crippen LogP contribution in [0.2, 0.25) is 5.02 Å². The van der Waals surface area contributed by atoms with E-state index in [1.54, 1.807) is 18.3 Å². The standard InChI is InChI=1S/C18H12ClN3O2/c19-13-6-7-16(23)15(10-13)21-9-8-17-14(11-20)18(22-24-17)12-4-2-1-3-5-12/h1-7,9-10,23H,8H2. The fourth-order valence-electron chi connectivity index (χ4n) is 2.20. The van der Waals surface area contributed by atoms with E-state index >= 15 is 0 Å². The normalized spacial score (nSPS) is 10.8. The highest BCUT2D eigenvalue weighted by Gasteiger charge is 2.16. The van der Waals surface area contributed by atoms with Gasteiger partial charge in [-0.05, 0) is 18.2 Å². The van der Waals surface area contributed by atoms with Crippen LogP contribution in [0, 0.1) is 11.3 Å². The highest BCUT2D eigenvalue weighted by atomic mass is 35.5. The number of rotatable bonds is 4. The van der Waals surface area contributed by atoms with E-state index in [-0.39, 0.29) is 12.2 Å². The number of phenols is 1. The molecule has 0 atom stereocenters. The molecule has 3 rings (SSSR count). The van der Waals surface area contributed by atoms with Gasteiger partial charge in [-0.15, -0.1) is 0 Å². The van der Waals surface area contributed by atoms with Crippen molar-refractivity contribution < 1.29 is 9.63 Å². The SMILES string of the molecule is N#Cc1c(-c2ccccc2)noc1CC=Nc1cc(Cl)ccc1O. The zero-order valence-corrected chi connectivity index (χ0v) is 13.2. The van der Waals surface area contributed by atoms with E-state index in [1.807, 2.05) is 30.3 Å². The van der Waals surface area contributed by atoms with Gasteiger partial charge in [0.25, 0.3) is 0 Å². The number of hydrogen-bond donors (Lipinski definition) is 1. The van der Waals surface area contributed by atoms with Gasteiger partial charge in [-0.25, -0.2) is 0 Å². The minimum absolute atomic E-state index is 0.0266. The molecule has 6 heteroatoms. The van der Waals surface area contributed by atoms with Gasteiger partial charge in [0, 0.05) is 23.2 Å². The summed E-state index contributed by atoms with van der Waals surface area (Å²) in [6.45, 7) is 0. The monoisotopic (exact) mass is 337 g/mol. The Morgan fingerprint density at radius 1 is 1.25 bits per heavy atom. The average Bonchev–Trinajstić information content (AvgIpc) is 3.01. The summed E-state index contributed by atoms with van der Waals surface area (Å²) in [5.41, 5.74) is 2.05. The lowest BCUT2D eigenvalue weighted by Crippen LogP contribution is -1.88. The van der Waals surface area contributed by atoms with Crippen molar-refractivity contribution in [2.24, 2.45) is 4.99 Å². The Morgan fingerprint density at radius 3 is 2.79 bits per heavy atom. The van der Waals surface area contributed by atoms with Crippen molar-refractivity contribution in [3.63, 3.8) is 0 Å². The molecule has 0 amide bonds. The van der Waals surface area contributed by atoms with Crippen LogP contribution in [0.15, 0.2) is 58.0 Å². The zero-order chi connectivity index (χ0) is 16.9. The number of halogens is 1. The van der Waals surface area contributed by atoms with Crippen LogP contribution in [-0.4, -0.2) is 16.5 Å². The third kappa shape index (κ3) is 3.29. The molecule has 0 aliphatic rings. The predicted molar refractivity (Wildman–Crippen MR) is 91.6 cm³/mol. The molecule has 1 heterocycles. The van der Waals surface area contributed by atoms with Crippen molar-refractivity contribution >= 4 is 23.5 Å². The molecule has 0 saturated heterocycles. The van der Waals surface area contributed by atoms with Crippen molar-refractivity contribution in [3.05, 3.63) is 64.9 Å². The third-order valence-corrected chi connectivity index (χ3v) is 3.60. The quantitative estimate of drug-likeness (QED) is 0.709. The first-order valence-electron chi connectivity index (χ1n) is 7.14. The lowest BCUT2D eigenvalue weighted by molar-refractivity contribution is 0.395. The molecule has 1 N–H and O–H groups in total. The van der Waals surface area contributed by atoms with Gasteiger partial charge in [-0.1, -0.05) is 47.1 Å². The molecule has 0 aliphatic heterocycles. The Morgan fingerprint density at radius 2 is 2.04 bits per heavy atom. The summed E-state index contributed by atoms with van der Waals surface area (Å²) in [4.78, 5) is 4.16. The smallest absolute Gasteiger partial charge is 0.160 e. The van der Waals surface area contributed by atoms with Gasteiger partial charge >= 0.3 is 0 Å². The number of aromatic hydroxyl groups is 1. The Hall–Kier alpha value is -3.10. The van der Waals surface area contributed by atoms with E-state index in [0.717, 1.165) is 5.56 Å². The Balaban J connectivity index is 1.84. The minimum Gasteiger partial charge on any atom is -0.506 e. The predicted octanol–water partition coefficient (Wildman–Crippen LogP) is 4.52. The van der Waals surface area contributed by atoms with Crippen LogP contribution < -0.4 is 0 Å². The first-order chi connectivity index (χ1) is 11.7. The summed E-state index contributed by atoms with van der Waals surface area (Å²) < 4.78 is 5.28. The van der Waals surface area contributed by atoms with Crippen molar-refractivity contribution in [1.82, 2.24) is 5.16 Å². The van der Waals surface area contributed by atoms with E-state index < -0.39 is 0 Å². The second kappa shape index (κ2) is 6.99. The molecule has 0 aliphatic carbocycles. The molecule has 0 saturated carbocycles. The Bertz CT molecular complexity index is 927. The molecule has 0 fully saturated rings. The van der Waals surface area contributed by atoms with Crippen molar-refractivity contribution in [2.75, 3.05) is 0 Å². The zero-order valence-electron chi connectivity index (χ0n) is 12.5. The maximum atomic E-state index is 9.73. The van der Waals surface area contributed by atoms with Crippen LogP contribution in [0.1, 0.15) is 11.3 Å². The average molecular weight is 338 g/mol. The Kier molecular flexibility index (Phi) is 4.59. The molecular formula is C18H12ClN3O2. The minimum atomic E-state index is 0.0266. The van der Waals surface area contributed by atoms with Gasteiger partial charge in [0.2, 0.25) is 0 Å². The molecule has 5 nitrogen and oxygen atoms in total. The third-order valence-electron chi connectivity index (χ3n) is 3.37. The number of aromatic nitrogens is 1. The summed E-state index contributed by atoms with van der Waals surface area (Å²) in [5, 5.41) is 23.6. The molecule has 0 unspecified atom stereocenters. The molecule has 3 aromatic rings. The number of benzene rings is 2. The van der Waals surface area contributed by atoms with Crippen LogP contribution in [0.5, 0.6) is 5.75 Å². The van der Waals surface area contributed by atoms with Gasteiger partial charge < -0.3 is 9.63 Å².